The topological polar surface area (TPSA) is 92.5 Å². The second kappa shape index (κ2) is 9.74. The summed E-state index contributed by atoms with van der Waals surface area (Å²) in [6.45, 7) is 1.20. The SMILES string of the molecule is NC(=O)c1cnc(Nc2ccc(N3C=COCC3)cc2)cc1NCc1ccccc1C(F)(F)F. The Morgan fingerprint density at radius 3 is 2.59 bits per heavy atom. The van der Waals surface area contributed by atoms with Crippen LogP contribution in [-0.2, 0) is 17.5 Å². The van der Waals surface area contributed by atoms with Crippen LogP contribution in [-0.4, -0.2) is 24.0 Å². The smallest absolute Gasteiger partial charge is 0.416 e. The lowest BCUT2D eigenvalue weighted by molar-refractivity contribution is -0.138. The second-order valence-electron chi connectivity index (χ2n) is 7.51. The van der Waals surface area contributed by atoms with Crippen molar-refractivity contribution in [3.8, 4) is 0 Å². The lowest BCUT2D eigenvalue weighted by Crippen LogP contribution is -2.24. The number of anilines is 4. The third kappa shape index (κ3) is 5.40. The molecule has 3 aromatic rings. The molecule has 0 saturated heterocycles. The minimum Gasteiger partial charge on any atom is -0.498 e. The zero-order valence-corrected chi connectivity index (χ0v) is 18.0. The first kappa shape index (κ1) is 23.0. The number of ether oxygens (including phenoxy) is 1. The molecule has 0 unspecified atom stereocenters. The molecule has 1 aromatic heterocycles. The second-order valence-corrected chi connectivity index (χ2v) is 7.51. The number of rotatable bonds is 7. The van der Waals surface area contributed by atoms with Gasteiger partial charge in [-0.15, -0.1) is 0 Å². The lowest BCUT2D eigenvalue weighted by atomic mass is 10.1. The van der Waals surface area contributed by atoms with Crippen LogP contribution in [0.3, 0.4) is 0 Å². The minimum atomic E-state index is -4.49. The molecule has 4 N–H and O–H groups in total. The summed E-state index contributed by atoms with van der Waals surface area (Å²) in [7, 11) is 0. The molecule has 1 amide bonds. The molecule has 176 valence electrons. The summed E-state index contributed by atoms with van der Waals surface area (Å²) < 4.78 is 45.1. The van der Waals surface area contributed by atoms with Crippen LogP contribution in [0.15, 0.2) is 73.3 Å². The number of amides is 1. The third-order valence-corrected chi connectivity index (χ3v) is 5.22. The van der Waals surface area contributed by atoms with E-state index in [0.717, 1.165) is 24.0 Å². The highest BCUT2D eigenvalue weighted by atomic mass is 19.4. The fraction of sp³-hybridized carbons (Fsp3) is 0.167. The van der Waals surface area contributed by atoms with Gasteiger partial charge in [0.2, 0.25) is 0 Å². The van der Waals surface area contributed by atoms with Gasteiger partial charge in [-0.2, -0.15) is 13.2 Å². The molecule has 1 aliphatic heterocycles. The zero-order valence-electron chi connectivity index (χ0n) is 18.0. The van der Waals surface area contributed by atoms with Gasteiger partial charge in [0.25, 0.3) is 5.91 Å². The molecule has 0 bridgehead atoms. The highest BCUT2D eigenvalue weighted by Crippen LogP contribution is 2.32. The van der Waals surface area contributed by atoms with Crippen molar-refractivity contribution < 1.29 is 22.7 Å². The number of pyridine rings is 1. The van der Waals surface area contributed by atoms with E-state index in [4.69, 9.17) is 10.5 Å². The van der Waals surface area contributed by atoms with Gasteiger partial charge in [0.05, 0.1) is 29.6 Å². The fourth-order valence-corrected chi connectivity index (χ4v) is 3.52. The number of nitrogens with one attached hydrogen (secondary N) is 2. The molecule has 7 nitrogen and oxygen atoms in total. The van der Waals surface area contributed by atoms with Gasteiger partial charge in [0.1, 0.15) is 12.4 Å². The first-order chi connectivity index (χ1) is 16.3. The number of nitrogens with zero attached hydrogens (tertiary/aromatic N) is 2. The molecule has 0 radical (unpaired) electrons. The maximum Gasteiger partial charge on any atom is 0.416 e. The monoisotopic (exact) mass is 469 g/mol. The average Bonchev–Trinajstić information content (AvgIpc) is 2.83. The predicted octanol–water partition coefficient (Wildman–Crippen LogP) is 4.86. The predicted molar refractivity (Wildman–Crippen MR) is 124 cm³/mol. The van der Waals surface area contributed by atoms with E-state index in [9.17, 15) is 18.0 Å². The van der Waals surface area contributed by atoms with Crippen LogP contribution in [0.4, 0.5) is 36.1 Å². The molecule has 1 aliphatic rings. The van der Waals surface area contributed by atoms with Gasteiger partial charge < -0.3 is 26.0 Å². The van der Waals surface area contributed by atoms with Crippen LogP contribution >= 0.6 is 0 Å². The van der Waals surface area contributed by atoms with Crippen molar-refractivity contribution in [2.75, 3.05) is 28.7 Å². The van der Waals surface area contributed by atoms with E-state index in [1.807, 2.05) is 35.4 Å². The van der Waals surface area contributed by atoms with Crippen LogP contribution < -0.4 is 21.3 Å². The normalized spacial score (nSPS) is 13.3. The summed E-state index contributed by atoms with van der Waals surface area (Å²) in [6, 6.07) is 14.4. The van der Waals surface area contributed by atoms with E-state index in [0.29, 0.717) is 12.4 Å². The van der Waals surface area contributed by atoms with E-state index in [-0.39, 0.29) is 23.4 Å². The Balaban J connectivity index is 1.52. The first-order valence-corrected chi connectivity index (χ1v) is 10.4. The average molecular weight is 469 g/mol. The van der Waals surface area contributed by atoms with Crippen molar-refractivity contribution in [1.82, 2.24) is 4.98 Å². The quantitative estimate of drug-likeness (QED) is 0.458. The number of hydrogen-bond donors (Lipinski definition) is 3. The molecule has 0 fully saturated rings. The largest absolute Gasteiger partial charge is 0.498 e. The van der Waals surface area contributed by atoms with Gasteiger partial charge in [-0.05, 0) is 35.9 Å². The van der Waals surface area contributed by atoms with E-state index in [1.54, 1.807) is 6.26 Å². The van der Waals surface area contributed by atoms with Gasteiger partial charge in [0.15, 0.2) is 0 Å². The summed E-state index contributed by atoms with van der Waals surface area (Å²) in [5, 5.41) is 6.02. The van der Waals surface area contributed by atoms with Crippen molar-refractivity contribution in [3.05, 3.63) is 89.9 Å². The van der Waals surface area contributed by atoms with Crippen molar-refractivity contribution >= 4 is 28.8 Å². The van der Waals surface area contributed by atoms with Gasteiger partial charge in [-0.3, -0.25) is 4.79 Å². The van der Waals surface area contributed by atoms with Crippen molar-refractivity contribution in [3.63, 3.8) is 0 Å². The maximum absolute atomic E-state index is 13.3. The molecule has 2 heterocycles. The number of carbonyl (C=O) groups is 1. The minimum absolute atomic E-state index is 0.0458. The highest BCUT2D eigenvalue weighted by Gasteiger charge is 2.32. The fourth-order valence-electron chi connectivity index (χ4n) is 3.52. The Hall–Kier alpha value is -4.21. The molecule has 0 aliphatic carbocycles. The summed E-state index contributed by atoms with van der Waals surface area (Å²) in [4.78, 5) is 18.1. The number of benzene rings is 2. The maximum atomic E-state index is 13.3. The number of carbonyl (C=O) groups excluding carboxylic acids is 1. The van der Waals surface area contributed by atoms with Crippen molar-refractivity contribution in [1.29, 1.82) is 0 Å². The van der Waals surface area contributed by atoms with Gasteiger partial charge in [-0.1, -0.05) is 18.2 Å². The Labute approximate surface area is 194 Å². The van der Waals surface area contributed by atoms with Crippen LogP contribution in [0.25, 0.3) is 0 Å². The molecular formula is C24H22F3N5O2. The number of aromatic nitrogens is 1. The Morgan fingerprint density at radius 2 is 1.91 bits per heavy atom. The van der Waals surface area contributed by atoms with Crippen LogP contribution in [0.2, 0.25) is 0 Å². The summed E-state index contributed by atoms with van der Waals surface area (Å²) in [6.07, 6.45) is 0.293. The molecule has 0 saturated carbocycles. The third-order valence-electron chi connectivity index (χ3n) is 5.22. The van der Waals surface area contributed by atoms with Gasteiger partial charge in [0, 0.05) is 36.4 Å². The van der Waals surface area contributed by atoms with Crippen molar-refractivity contribution in [2.24, 2.45) is 5.73 Å². The molecular weight excluding hydrogens is 447 g/mol. The molecule has 34 heavy (non-hydrogen) atoms. The Bertz CT molecular complexity index is 1200. The van der Waals surface area contributed by atoms with E-state index in [2.05, 4.69) is 15.6 Å². The van der Waals surface area contributed by atoms with Crippen LogP contribution in [0, 0.1) is 0 Å². The molecule has 4 rings (SSSR count). The summed E-state index contributed by atoms with van der Waals surface area (Å²) in [5.41, 5.74) is 6.82. The van der Waals surface area contributed by atoms with Gasteiger partial charge in [-0.25, -0.2) is 4.98 Å². The molecule has 2 aromatic carbocycles. The number of halogens is 3. The molecule has 0 atom stereocenters. The van der Waals surface area contributed by atoms with Crippen molar-refractivity contribution in [2.45, 2.75) is 12.7 Å². The Morgan fingerprint density at radius 1 is 1.15 bits per heavy atom. The molecule has 0 spiro atoms. The number of nitrogens with two attached hydrogens (primary N) is 1. The zero-order chi connectivity index (χ0) is 24.1. The van der Waals surface area contributed by atoms with Crippen LogP contribution in [0.5, 0.6) is 0 Å². The highest BCUT2D eigenvalue weighted by molar-refractivity contribution is 5.98. The van der Waals surface area contributed by atoms with E-state index >= 15 is 0 Å². The van der Waals surface area contributed by atoms with Gasteiger partial charge >= 0.3 is 6.18 Å². The number of hydrogen-bond acceptors (Lipinski definition) is 6. The summed E-state index contributed by atoms with van der Waals surface area (Å²) in [5.74, 6) is -0.343. The van der Waals surface area contributed by atoms with E-state index in [1.165, 1.54) is 30.5 Å². The molecule has 10 heteroatoms. The van der Waals surface area contributed by atoms with Crippen LogP contribution in [0.1, 0.15) is 21.5 Å². The number of primary amides is 1. The Kier molecular flexibility index (Phi) is 6.58. The summed E-state index contributed by atoms with van der Waals surface area (Å²) >= 11 is 0. The first-order valence-electron chi connectivity index (χ1n) is 10.4. The lowest BCUT2D eigenvalue weighted by Gasteiger charge is -2.23. The van der Waals surface area contributed by atoms with E-state index < -0.39 is 17.6 Å². The number of alkyl halides is 3. The standard InChI is InChI=1S/C24H22F3N5O2/c25-24(26,27)20-4-2-1-3-16(20)14-29-21-13-22(30-15-19(21)23(28)33)31-17-5-7-18(8-6-17)32-9-11-34-12-10-32/h1-9,11,13,15H,10,12,14H2,(H2,28,33)(H2,29,30,31).